The average molecular weight is 386 g/mol. The second kappa shape index (κ2) is 7.66. The van der Waals surface area contributed by atoms with E-state index in [0.29, 0.717) is 12.4 Å². The number of amides is 1. The van der Waals surface area contributed by atoms with Gasteiger partial charge in [-0.25, -0.2) is 0 Å². The van der Waals surface area contributed by atoms with Crippen LogP contribution in [0.3, 0.4) is 0 Å². The third-order valence-electron chi connectivity index (χ3n) is 4.64. The number of aromatic nitrogens is 3. The van der Waals surface area contributed by atoms with Gasteiger partial charge in [-0.2, -0.15) is 16.9 Å². The van der Waals surface area contributed by atoms with E-state index in [1.165, 1.54) is 0 Å². The molecule has 1 aromatic carbocycles. The quantitative estimate of drug-likeness (QED) is 0.676. The van der Waals surface area contributed by atoms with E-state index in [9.17, 15) is 4.79 Å². The van der Waals surface area contributed by atoms with Crippen molar-refractivity contribution in [2.24, 2.45) is 7.05 Å². The lowest BCUT2D eigenvalue weighted by molar-refractivity contribution is -0.118. The van der Waals surface area contributed by atoms with E-state index >= 15 is 0 Å². The molecule has 1 N–H and O–H groups in total. The van der Waals surface area contributed by atoms with E-state index in [1.54, 1.807) is 11.8 Å². The van der Waals surface area contributed by atoms with Gasteiger partial charge in [0, 0.05) is 49.4 Å². The fraction of sp³-hybridized carbons (Fsp3) is 0.368. The predicted octanol–water partition coefficient (Wildman–Crippen LogP) is 2.79. The van der Waals surface area contributed by atoms with Gasteiger partial charge >= 0.3 is 0 Å². The standard InChI is InChI=1S/C19H22N4O3S/c1-22-19(14-11-27-12-15(14)21-22)20-18(24)10-26-17-5-3-4-16-13(17)6-7-23(16)8-9-25-2/h3-7H,8-12H2,1-2H3,(H,20,24). The molecule has 2 aromatic heterocycles. The summed E-state index contributed by atoms with van der Waals surface area (Å²) in [5.74, 6) is 3.07. The summed E-state index contributed by atoms with van der Waals surface area (Å²) in [5.41, 5.74) is 3.24. The zero-order valence-electron chi connectivity index (χ0n) is 15.4. The van der Waals surface area contributed by atoms with E-state index < -0.39 is 0 Å². The molecule has 3 heterocycles. The predicted molar refractivity (Wildman–Crippen MR) is 106 cm³/mol. The van der Waals surface area contributed by atoms with Gasteiger partial charge in [0.2, 0.25) is 0 Å². The molecule has 1 amide bonds. The Morgan fingerprint density at radius 2 is 2.22 bits per heavy atom. The Bertz CT molecular complexity index is 979. The number of nitrogens with one attached hydrogen (secondary N) is 1. The highest BCUT2D eigenvalue weighted by Gasteiger charge is 2.22. The van der Waals surface area contributed by atoms with Crippen LogP contribution in [0.15, 0.2) is 30.5 Å². The molecule has 4 rings (SSSR count). The van der Waals surface area contributed by atoms with Crippen LogP contribution in [0.1, 0.15) is 11.3 Å². The highest BCUT2D eigenvalue weighted by atomic mass is 32.2. The Kier molecular flexibility index (Phi) is 5.09. The SMILES string of the molecule is COCCn1ccc2c(OCC(=O)Nc3c4c(nn3C)CSC4)cccc21. The molecular weight excluding hydrogens is 364 g/mol. The second-order valence-corrected chi connectivity index (χ2v) is 7.40. The number of fused-ring (bicyclic) bond motifs is 2. The molecule has 142 valence electrons. The van der Waals surface area contributed by atoms with Gasteiger partial charge in [0.05, 0.1) is 17.8 Å². The van der Waals surface area contributed by atoms with Gasteiger partial charge in [-0.05, 0) is 18.2 Å². The fourth-order valence-corrected chi connectivity index (χ4v) is 4.35. The van der Waals surface area contributed by atoms with Crippen LogP contribution < -0.4 is 10.1 Å². The maximum absolute atomic E-state index is 12.4. The number of benzene rings is 1. The van der Waals surface area contributed by atoms with Crippen LogP contribution in [0.25, 0.3) is 10.9 Å². The van der Waals surface area contributed by atoms with Crippen LogP contribution in [-0.2, 0) is 34.6 Å². The van der Waals surface area contributed by atoms with E-state index in [-0.39, 0.29) is 12.5 Å². The van der Waals surface area contributed by atoms with Gasteiger partial charge in [0.1, 0.15) is 11.6 Å². The topological polar surface area (TPSA) is 70.3 Å². The Balaban J connectivity index is 1.44. The van der Waals surface area contributed by atoms with Crippen molar-refractivity contribution in [2.45, 2.75) is 18.1 Å². The Hall–Kier alpha value is -2.45. The number of thioether (sulfide) groups is 1. The highest BCUT2D eigenvalue weighted by Crippen LogP contribution is 2.34. The van der Waals surface area contributed by atoms with Gasteiger partial charge in [0.15, 0.2) is 6.61 Å². The highest BCUT2D eigenvalue weighted by molar-refractivity contribution is 7.98. The number of hydrogen-bond acceptors (Lipinski definition) is 5. The maximum atomic E-state index is 12.4. The molecule has 0 aliphatic carbocycles. The van der Waals surface area contributed by atoms with Crippen LogP contribution in [0.2, 0.25) is 0 Å². The number of nitrogens with zero attached hydrogens (tertiary/aromatic N) is 3. The Morgan fingerprint density at radius 3 is 3.07 bits per heavy atom. The van der Waals surface area contributed by atoms with Crippen molar-refractivity contribution < 1.29 is 14.3 Å². The molecule has 0 fully saturated rings. The van der Waals surface area contributed by atoms with Gasteiger partial charge in [-0.1, -0.05) is 6.07 Å². The van der Waals surface area contributed by atoms with E-state index in [0.717, 1.165) is 46.0 Å². The molecule has 0 atom stereocenters. The number of carbonyl (C=O) groups is 1. The molecule has 0 saturated carbocycles. The molecule has 0 unspecified atom stereocenters. The van der Waals surface area contributed by atoms with Gasteiger partial charge < -0.3 is 19.4 Å². The number of methoxy groups -OCH3 is 1. The van der Waals surface area contributed by atoms with Crippen LogP contribution in [-0.4, -0.2) is 40.6 Å². The van der Waals surface area contributed by atoms with Gasteiger partial charge in [-0.15, -0.1) is 0 Å². The molecule has 0 bridgehead atoms. The number of hydrogen-bond donors (Lipinski definition) is 1. The molecule has 1 aliphatic heterocycles. The minimum absolute atomic E-state index is 0.0462. The molecule has 3 aromatic rings. The smallest absolute Gasteiger partial charge is 0.263 e. The van der Waals surface area contributed by atoms with Gasteiger partial charge in [-0.3, -0.25) is 9.48 Å². The minimum Gasteiger partial charge on any atom is -0.483 e. The molecule has 0 spiro atoms. The van der Waals surface area contributed by atoms with Crippen molar-refractivity contribution in [3.05, 3.63) is 41.7 Å². The summed E-state index contributed by atoms with van der Waals surface area (Å²) >= 11 is 1.81. The molecule has 0 radical (unpaired) electrons. The summed E-state index contributed by atoms with van der Waals surface area (Å²) in [6.45, 7) is 1.37. The summed E-state index contributed by atoms with van der Waals surface area (Å²) in [6.07, 6.45) is 2.01. The maximum Gasteiger partial charge on any atom is 0.263 e. The number of rotatable bonds is 7. The monoisotopic (exact) mass is 386 g/mol. The van der Waals surface area contributed by atoms with Crippen molar-refractivity contribution in [1.29, 1.82) is 0 Å². The van der Waals surface area contributed by atoms with Crippen molar-refractivity contribution >= 4 is 34.4 Å². The summed E-state index contributed by atoms with van der Waals surface area (Å²) in [7, 11) is 3.54. The molecular formula is C19H22N4O3S. The summed E-state index contributed by atoms with van der Waals surface area (Å²) in [4.78, 5) is 12.4. The molecule has 0 saturated heterocycles. The first-order valence-corrected chi connectivity index (χ1v) is 9.95. The summed E-state index contributed by atoms with van der Waals surface area (Å²) in [5, 5.41) is 8.39. The van der Waals surface area contributed by atoms with Crippen LogP contribution in [0, 0.1) is 0 Å². The van der Waals surface area contributed by atoms with Crippen molar-refractivity contribution in [1.82, 2.24) is 14.3 Å². The third-order valence-corrected chi connectivity index (χ3v) is 5.61. The number of anilines is 1. The van der Waals surface area contributed by atoms with E-state index in [2.05, 4.69) is 15.0 Å². The lowest BCUT2D eigenvalue weighted by atomic mass is 10.2. The lowest BCUT2D eigenvalue weighted by Gasteiger charge is -2.10. The first-order chi connectivity index (χ1) is 13.2. The second-order valence-electron chi connectivity index (χ2n) is 6.42. The van der Waals surface area contributed by atoms with Crippen LogP contribution in [0.5, 0.6) is 5.75 Å². The number of carbonyl (C=O) groups excluding carboxylic acids is 1. The molecule has 7 nitrogen and oxygen atoms in total. The zero-order valence-corrected chi connectivity index (χ0v) is 16.2. The van der Waals surface area contributed by atoms with Crippen LogP contribution in [0.4, 0.5) is 5.82 Å². The van der Waals surface area contributed by atoms with E-state index in [1.807, 2.05) is 49.3 Å². The minimum atomic E-state index is -0.187. The van der Waals surface area contributed by atoms with Crippen molar-refractivity contribution in [2.75, 3.05) is 25.6 Å². The number of aryl methyl sites for hydroxylation is 1. The summed E-state index contributed by atoms with van der Waals surface area (Å²) in [6, 6.07) is 7.86. The van der Waals surface area contributed by atoms with Gasteiger partial charge in [0.25, 0.3) is 5.91 Å². The summed E-state index contributed by atoms with van der Waals surface area (Å²) < 4.78 is 14.8. The average Bonchev–Trinajstić information content (AvgIpc) is 3.35. The molecule has 1 aliphatic rings. The Morgan fingerprint density at radius 1 is 1.33 bits per heavy atom. The normalized spacial score (nSPS) is 13.1. The van der Waals surface area contributed by atoms with E-state index in [4.69, 9.17) is 9.47 Å². The Labute approximate surface area is 161 Å². The van der Waals surface area contributed by atoms with Crippen molar-refractivity contribution in [3.63, 3.8) is 0 Å². The van der Waals surface area contributed by atoms with Crippen LogP contribution >= 0.6 is 11.8 Å². The number of ether oxygens (including phenoxy) is 2. The first kappa shape index (κ1) is 17.9. The molecule has 27 heavy (non-hydrogen) atoms. The third kappa shape index (κ3) is 3.54. The lowest BCUT2D eigenvalue weighted by Crippen LogP contribution is -2.22. The largest absolute Gasteiger partial charge is 0.483 e. The van der Waals surface area contributed by atoms with Crippen molar-refractivity contribution in [3.8, 4) is 5.75 Å². The molecule has 8 heteroatoms. The zero-order chi connectivity index (χ0) is 18.8. The fourth-order valence-electron chi connectivity index (χ4n) is 3.31. The first-order valence-electron chi connectivity index (χ1n) is 8.79.